The Bertz CT molecular complexity index is 731. The van der Waals surface area contributed by atoms with Crippen LogP contribution in [0.15, 0.2) is 79.4 Å². The normalized spacial score (nSPS) is 11.2. The zero-order chi connectivity index (χ0) is 16.8. The van der Waals surface area contributed by atoms with Crippen LogP contribution in [0.1, 0.15) is 11.1 Å². The van der Waals surface area contributed by atoms with Crippen molar-refractivity contribution in [1.82, 2.24) is 14.9 Å². The molecule has 1 amide bonds. The molecule has 0 fully saturated rings. The SMILES string of the molecule is O=C(NCCn1ccnc1)C(O)(c1ccccc1)c1ccccc1. The predicted molar refractivity (Wildman–Crippen MR) is 91.1 cm³/mol. The molecule has 122 valence electrons. The highest BCUT2D eigenvalue weighted by Gasteiger charge is 2.39. The molecule has 0 aliphatic rings. The van der Waals surface area contributed by atoms with Crippen LogP contribution in [0, 0.1) is 0 Å². The van der Waals surface area contributed by atoms with E-state index in [2.05, 4.69) is 10.3 Å². The Morgan fingerprint density at radius 3 is 2.12 bits per heavy atom. The van der Waals surface area contributed by atoms with E-state index in [4.69, 9.17) is 0 Å². The van der Waals surface area contributed by atoms with Crippen LogP contribution in [-0.2, 0) is 16.9 Å². The van der Waals surface area contributed by atoms with Crippen LogP contribution in [0.2, 0.25) is 0 Å². The summed E-state index contributed by atoms with van der Waals surface area (Å²) in [4.78, 5) is 16.8. The first kappa shape index (κ1) is 16.0. The minimum atomic E-state index is -1.72. The van der Waals surface area contributed by atoms with E-state index in [-0.39, 0.29) is 0 Å². The van der Waals surface area contributed by atoms with E-state index in [1.807, 2.05) is 47.2 Å². The van der Waals surface area contributed by atoms with Crippen molar-refractivity contribution in [2.75, 3.05) is 6.54 Å². The molecule has 1 heterocycles. The zero-order valence-electron chi connectivity index (χ0n) is 13.2. The van der Waals surface area contributed by atoms with Gasteiger partial charge in [-0.25, -0.2) is 4.98 Å². The molecule has 0 bridgehead atoms. The summed E-state index contributed by atoms with van der Waals surface area (Å²) in [5, 5.41) is 14.1. The summed E-state index contributed by atoms with van der Waals surface area (Å²) in [7, 11) is 0. The summed E-state index contributed by atoms with van der Waals surface area (Å²) in [5.74, 6) is -0.444. The van der Waals surface area contributed by atoms with E-state index >= 15 is 0 Å². The molecule has 5 heteroatoms. The Morgan fingerprint density at radius 1 is 1.04 bits per heavy atom. The molecule has 0 atom stereocenters. The van der Waals surface area contributed by atoms with Gasteiger partial charge < -0.3 is 15.0 Å². The quantitative estimate of drug-likeness (QED) is 0.729. The highest BCUT2D eigenvalue weighted by atomic mass is 16.3. The first-order valence-electron chi connectivity index (χ1n) is 7.79. The molecule has 24 heavy (non-hydrogen) atoms. The molecule has 2 aromatic carbocycles. The molecule has 0 radical (unpaired) electrons. The van der Waals surface area contributed by atoms with Gasteiger partial charge in [0.25, 0.3) is 5.91 Å². The third kappa shape index (κ3) is 3.21. The molecule has 2 N–H and O–H groups in total. The Kier molecular flexibility index (Phi) is 4.72. The molecule has 0 spiro atoms. The van der Waals surface area contributed by atoms with Crippen LogP contribution >= 0.6 is 0 Å². The van der Waals surface area contributed by atoms with Gasteiger partial charge in [-0.05, 0) is 11.1 Å². The highest BCUT2D eigenvalue weighted by molar-refractivity contribution is 5.90. The van der Waals surface area contributed by atoms with Crippen molar-refractivity contribution < 1.29 is 9.90 Å². The fraction of sp³-hybridized carbons (Fsp3) is 0.158. The van der Waals surface area contributed by atoms with Gasteiger partial charge in [0.15, 0.2) is 5.60 Å². The van der Waals surface area contributed by atoms with Crippen molar-refractivity contribution in [3.8, 4) is 0 Å². The Balaban J connectivity index is 1.83. The zero-order valence-corrected chi connectivity index (χ0v) is 13.2. The van der Waals surface area contributed by atoms with E-state index in [1.54, 1.807) is 36.8 Å². The summed E-state index contributed by atoms with van der Waals surface area (Å²) >= 11 is 0. The summed E-state index contributed by atoms with van der Waals surface area (Å²) in [6, 6.07) is 17.9. The number of carbonyl (C=O) groups is 1. The van der Waals surface area contributed by atoms with Gasteiger partial charge in [0.05, 0.1) is 6.33 Å². The third-order valence-electron chi connectivity index (χ3n) is 3.93. The minimum absolute atomic E-state index is 0.400. The van der Waals surface area contributed by atoms with Crippen LogP contribution in [0.25, 0.3) is 0 Å². The second kappa shape index (κ2) is 7.10. The molecule has 0 unspecified atom stereocenters. The lowest BCUT2D eigenvalue weighted by Gasteiger charge is -2.28. The first-order chi connectivity index (χ1) is 11.7. The van der Waals surface area contributed by atoms with Crippen LogP contribution in [0.4, 0.5) is 0 Å². The molecule has 5 nitrogen and oxygen atoms in total. The van der Waals surface area contributed by atoms with Gasteiger partial charge in [-0.15, -0.1) is 0 Å². The molecule has 1 aromatic heterocycles. The standard InChI is InChI=1S/C19H19N3O2/c23-18(21-12-14-22-13-11-20-15-22)19(24,16-7-3-1-4-8-16)17-9-5-2-6-10-17/h1-11,13,15,24H,12,14H2,(H,21,23). The van der Waals surface area contributed by atoms with Crippen LogP contribution < -0.4 is 5.32 Å². The van der Waals surface area contributed by atoms with Crippen molar-refractivity contribution in [2.45, 2.75) is 12.1 Å². The smallest absolute Gasteiger partial charge is 0.261 e. The molecule has 3 aromatic rings. The lowest BCUT2D eigenvalue weighted by atomic mass is 9.85. The maximum Gasteiger partial charge on any atom is 0.261 e. The second-order valence-electron chi connectivity index (χ2n) is 5.50. The van der Waals surface area contributed by atoms with Gasteiger partial charge in [-0.3, -0.25) is 4.79 Å². The molecule has 0 saturated carbocycles. The maximum atomic E-state index is 12.8. The van der Waals surface area contributed by atoms with Crippen molar-refractivity contribution in [1.29, 1.82) is 0 Å². The maximum absolute atomic E-state index is 12.8. The minimum Gasteiger partial charge on any atom is -0.372 e. The third-order valence-corrected chi connectivity index (χ3v) is 3.93. The lowest BCUT2D eigenvalue weighted by molar-refractivity contribution is -0.136. The van der Waals surface area contributed by atoms with Gasteiger partial charge in [0, 0.05) is 25.5 Å². The average Bonchev–Trinajstić information content (AvgIpc) is 3.16. The van der Waals surface area contributed by atoms with E-state index in [0.717, 1.165) is 0 Å². The second-order valence-corrected chi connectivity index (χ2v) is 5.50. The molecular weight excluding hydrogens is 302 g/mol. The topological polar surface area (TPSA) is 67.2 Å². The van der Waals surface area contributed by atoms with Gasteiger partial charge in [0.2, 0.25) is 0 Å². The van der Waals surface area contributed by atoms with E-state index in [1.165, 1.54) is 0 Å². The number of nitrogens with one attached hydrogen (secondary N) is 1. The van der Waals surface area contributed by atoms with Crippen molar-refractivity contribution in [3.63, 3.8) is 0 Å². The van der Waals surface area contributed by atoms with E-state index in [9.17, 15) is 9.90 Å². The predicted octanol–water partition coefficient (Wildman–Crippen LogP) is 1.94. The van der Waals surface area contributed by atoms with Gasteiger partial charge in [-0.2, -0.15) is 0 Å². The fourth-order valence-electron chi connectivity index (χ4n) is 2.63. The lowest BCUT2D eigenvalue weighted by Crippen LogP contribution is -2.46. The van der Waals surface area contributed by atoms with Crippen LogP contribution in [0.3, 0.4) is 0 Å². The average molecular weight is 321 g/mol. The molecule has 0 aliphatic carbocycles. The number of carbonyl (C=O) groups excluding carboxylic acids is 1. The highest BCUT2D eigenvalue weighted by Crippen LogP contribution is 2.29. The van der Waals surface area contributed by atoms with E-state index in [0.29, 0.717) is 24.2 Å². The molecule has 3 rings (SSSR count). The largest absolute Gasteiger partial charge is 0.372 e. The van der Waals surface area contributed by atoms with Crippen LogP contribution in [0.5, 0.6) is 0 Å². The molecule has 0 saturated heterocycles. The first-order valence-corrected chi connectivity index (χ1v) is 7.79. The molecular formula is C19H19N3O2. The summed E-state index contributed by atoms with van der Waals surface area (Å²) in [6.07, 6.45) is 5.20. The molecule has 0 aliphatic heterocycles. The Hall–Kier alpha value is -2.92. The number of amides is 1. The Morgan fingerprint density at radius 2 is 1.62 bits per heavy atom. The Labute approximate surface area is 140 Å². The monoisotopic (exact) mass is 321 g/mol. The van der Waals surface area contributed by atoms with Crippen molar-refractivity contribution >= 4 is 5.91 Å². The van der Waals surface area contributed by atoms with Gasteiger partial charge in [-0.1, -0.05) is 60.7 Å². The van der Waals surface area contributed by atoms with Gasteiger partial charge >= 0.3 is 0 Å². The summed E-state index contributed by atoms with van der Waals surface area (Å²) in [6.45, 7) is 0.989. The summed E-state index contributed by atoms with van der Waals surface area (Å²) in [5.41, 5.74) is -0.648. The number of hydrogen-bond donors (Lipinski definition) is 2. The summed E-state index contributed by atoms with van der Waals surface area (Å²) < 4.78 is 1.87. The fourth-order valence-corrected chi connectivity index (χ4v) is 2.63. The van der Waals surface area contributed by atoms with Crippen molar-refractivity contribution in [3.05, 3.63) is 90.5 Å². The number of aromatic nitrogens is 2. The van der Waals surface area contributed by atoms with Crippen LogP contribution in [-0.4, -0.2) is 27.1 Å². The number of nitrogens with zero attached hydrogens (tertiary/aromatic N) is 2. The number of aliphatic hydroxyl groups is 1. The van der Waals surface area contributed by atoms with Gasteiger partial charge in [0.1, 0.15) is 0 Å². The number of imidazole rings is 1. The van der Waals surface area contributed by atoms with E-state index < -0.39 is 11.5 Å². The van der Waals surface area contributed by atoms with Crippen molar-refractivity contribution in [2.24, 2.45) is 0 Å². The number of hydrogen-bond acceptors (Lipinski definition) is 3. The number of benzene rings is 2. The number of rotatable bonds is 6.